The van der Waals surface area contributed by atoms with Gasteiger partial charge in [-0.3, -0.25) is 0 Å². The number of thiophene rings is 1. The zero-order chi connectivity index (χ0) is 17.5. The number of hydrogen-bond acceptors (Lipinski definition) is 5. The van der Waals surface area contributed by atoms with Crippen LogP contribution in [0.2, 0.25) is 0 Å². The van der Waals surface area contributed by atoms with E-state index in [0.29, 0.717) is 19.4 Å². The molecule has 1 aromatic carbocycles. The van der Waals surface area contributed by atoms with E-state index in [4.69, 9.17) is 5.14 Å². The van der Waals surface area contributed by atoms with Crippen molar-refractivity contribution in [2.75, 3.05) is 6.54 Å². The maximum absolute atomic E-state index is 13.1. The summed E-state index contributed by atoms with van der Waals surface area (Å²) in [6.45, 7) is 2.33. The quantitative estimate of drug-likeness (QED) is 0.870. The van der Waals surface area contributed by atoms with E-state index in [1.54, 1.807) is 11.3 Å². The van der Waals surface area contributed by atoms with Crippen LogP contribution in [0.25, 0.3) is 0 Å². The van der Waals surface area contributed by atoms with Crippen LogP contribution in [0.3, 0.4) is 0 Å². The van der Waals surface area contributed by atoms with Gasteiger partial charge in [0.2, 0.25) is 20.0 Å². The Morgan fingerprint density at radius 1 is 1.21 bits per heavy atom. The molecule has 0 amide bonds. The van der Waals surface area contributed by atoms with E-state index in [1.165, 1.54) is 27.4 Å². The third kappa shape index (κ3) is 3.02. The van der Waals surface area contributed by atoms with E-state index in [1.807, 2.05) is 18.4 Å². The minimum atomic E-state index is -3.96. The molecule has 0 radical (unpaired) electrons. The average molecular weight is 387 g/mol. The van der Waals surface area contributed by atoms with Gasteiger partial charge in [0.25, 0.3) is 0 Å². The summed E-state index contributed by atoms with van der Waals surface area (Å²) in [6.07, 6.45) is 1.31. The van der Waals surface area contributed by atoms with E-state index in [9.17, 15) is 16.8 Å². The zero-order valence-corrected chi connectivity index (χ0v) is 15.5. The fourth-order valence-electron chi connectivity index (χ4n) is 3.03. The van der Waals surface area contributed by atoms with Crippen LogP contribution in [0.1, 0.15) is 29.8 Å². The van der Waals surface area contributed by atoms with Gasteiger partial charge in [0.15, 0.2) is 0 Å². The monoisotopic (exact) mass is 386 g/mol. The van der Waals surface area contributed by atoms with Crippen LogP contribution in [-0.4, -0.2) is 27.7 Å². The molecule has 9 heteroatoms. The average Bonchev–Trinajstić information content (AvgIpc) is 3.01. The van der Waals surface area contributed by atoms with Crippen molar-refractivity contribution in [3.63, 3.8) is 0 Å². The van der Waals surface area contributed by atoms with Crippen molar-refractivity contribution in [1.82, 2.24) is 4.31 Å². The molecule has 24 heavy (non-hydrogen) atoms. The number of hydrogen-bond donors (Lipinski definition) is 1. The fraction of sp³-hybridized carbons (Fsp3) is 0.333. The van der Waals surface area contributed by atoms with E-state index in [2.05, 4.69) is 0 Å². The highest BCUT2D eigenvalue weighted by Crippen LogP contribution is 2.38. The predicted molar refractivity (Wildman–Crippen MR) is 92.8 cm³/mol. The van der Waals surface area contributed by atoms with E-state index >= 15 is 0 Å². The van der Waals surface area contributed by atoms with Crippen LogP contribution in [0, 0.1) is 0 Å². The van der Waals surface area contributed by atoms with Crippen LogP contribution >= 0.6 is 11.3 Å². The number of nitrogens with zero attached hydrogens (tertiary/aromatic N) is 1. The molecule has 0 bridgehead atoms. The van der Waals surface area contributed by atoms with Gasteiger partial charge in [0, 0.05) is 11.4 Å². The first kappa shape index (κ1) is 17.6. The third-order valence-corrected chi connectivity index (χ3v) is 7.98. The number of benzene rings is 1. The lowest BCUT2D eigenvalue weighted by Crippen LogP contribution is -2.39. The van der Waals surface area contributed by atoms with Gasteiger partial charge in [0.05, 0.1) is 15.8 Å². The maximum atomic E-state index is 13.1. The van der Waals surface area contributed by atoms with E-state index < -0.39 is 20.0 Å². The van der Waals surface area contributed by atoms with Gasteiger partial charge in [-0.2, -0.15) is 4.31 Å². The number of rotatable bonds is 4. The highest BCUT2D eigenvalue weighted by molar-refractivity contribution is 7.90. The Kier molecular flexibility index (Phi) is 4.56. The molecule has 1 unspecified atom stereocenters. The second-order valence-corrected chi connectivity index (χ2v) is 10.1. The molecule has 1 aliphatic heterocycles. The Bertz CT molecular complexity index is 964. The van der Waals surface area contributed by atoms with Gasteiger partial charge in [-0.25, -0.2) is 22.0 Å². The Morgan fingerprint density at radius 3 is 2.58 bits per heavy atom. The molecule has 1 atom stereocenters. The molecule has 0 saturated heterocycles. The third-order valence-electron chi connectivity index (χ3n) is 4.17. The SMILES string of the molecule is CCC1c2ccsc2CCN1S(=O)(=O)c1cccc(S(N)(=O)=O)c1. The molecule has 0 aliphatic carbocycles. The zero-order valence-electron chi connectivity index (χ0n) is 13.0. The second-order valence-electron chi connectivity index (χ2n) is 5.61. The minimum absolute atomic E-state index is 0.0499. The van der Waals surface area contributed by atoms with Gasteiger partial charge in [0.1, 0.15) is 0 Å². The molecule has 1 aromatic heterocycles. The molecule has 0 saturated carbocycles. The number of primary sulfonamides is 1. The normalized spacial score (nSPS) is 19.2. The summed E-state index contributed by atoms with van der Waals surface area (Å²) in [5.41, 5.74) is 1.04. The Balaban J connectivity index is 2.06. The fourth-order valence-corrected chi connectivity index (χ4v) is 6.32. The van der Waals surface area contributed by atoms with Crippen LogP contribution in [0.4, 0.5) is 0 Å². The summed E-state index contributed by atoms with van der Waals surface area (Å²) in [7, 11) is -7.77. The van der Waals surface area contributed by atoms with E-state index in [-0.39, 0.29) is 15.8 Å². The predicted octanol–water partition coefficient (Wildman–Crippen LogP) is 2.09. The van der Waals surface area contributed by atoms with Crippen LogP contribution < -0.4 is 5.14 Å². The molecular formula is C15H18N2O4S3. The van der Waals surface area contributed by atoms with Crippen LogP contribution in [0.5, 0.6) is 0 Å². The first-order chi connectivity index (χ1) is 11.2. The van der Waals surface area contributed by atoms with Crippen molar-refractivity contribution in [3.8, 4) is 0 Å². The summed E-state index contributed by atoms with van der Waals surface area (Å²) in [4.78, 5) is 0.961. The highest BCUT2D eigenvalue weighted by atomic mass is 32.2. The molecule has 0 fully saturated rings. The lowest BCUT2D eigenvalue weighted by atomic mass is 10.0. The molecule has 3 rings (SSSR count). The number of nitrogens with two attached hydrogens (primary N) is 1. The maximum Gasteiger partial charge on any atom is 0.243 e. The largest absolute Gasteiger partial charge is 0.243 e. The first-order valence-electron chi connectivity index (χ1n) is 7.46. The smallest absolute Gasteiger partial charge is 0.225 e. The molecule has 6 nitrogen and oxygen atoms in total. The van der Waals surface area contributed by atoms with Crippen molar-refractivity contribution < 1.29 is 16.8 Å². The highest BCUT2D eigenvalue weighted by Gasteiger charge is 2.36. The molecule has 130 valence electrons. The topological polar surface area (TPSA) is 97.5 Å². The standard InChI is InChI=1S/C15H18N2O4S3/c1-2-14-13-7-9-22-15(13)6-8-17(14)24(20,21)12-5-3-4-11(10-12)23(16,18)19/h3-5,7,9-10,14H,2,6,8H2,1H3,(H2,16,18,19). The summed E-state index contributed by atoms with van der Waals surface area (Å²) < 4.78 is 50.6. The lowest BCUT2D eigenvalue weighted by molar-refractivity contribution is 0.303. The van der Waals surface area contributed by atoms with Crippen molar-refractivity contribution in [2.45, 2.75) is 35.6 Å². The first-order valence-corrected chi connectivity index (χ1v) is 11.3. The summed E-state index contributed by atoms with van der Waals surface area (Å²) in [6, 6.07) is 6.95. The minimum Gasteiger partial charge on any atom is -0.225 e. The van der Waals surface area contributed by atoms with Crippen LogP contribution in [-0.2, 0) is 26.5 Å². The molecule has 0 spiro atoms. The molecular weight excluding hydrogens is 368 g/mol. The van der Waals surface area contributed by atoms with Gasteiger partial charge >= 0.3 is 0 Å². The van der Waals surface area contributed by atoms with Crippen molar-refractivity contribution in [2.24, 2.45) is 5.14 Å². The van der Waals surface area contributed by atoms with Gasteiger partial charge in [-0.15, -0.1) is 11.3 Å². The Hall–Kier alpha value is -1.26. The molecule has 1 aliphatic rings. The molecule has 2 aromatic rings. The molecule has 2 N–H and O–H groups in total. The Labute approximate surface area is 146 Å². The number of sulfonamides is 2. The second kappa shape index (κ2) is 6.23. The van der Waals surface area contributed by atoms with Crippen molar-refractivity contribution in [3.05, 3.63) is 46.2 Å². The summed E-state index contributed by atoms with van der Waals surface area (Å²) in [5.74, 6) is 0. The summed E-state index contributed by atoms with van der Waals surface area (Å²) in [5, 5.41) is 7.09. The van der Waals surface area contributed by atoms with Crippen molar-refractivity contribution >= 4 is 31.4 Å². The molecule has 2 heterocycles. The lowest BCUT2D eigenvalue weighted by Gasteiger charge is -2.34. The van der Waals surface area contributed by atoms with Crippen LogP contribution in [0.15, 0.2) is 45.5 Å². The number of fused-ring (bicyclic) bond motifs is 1. The van der Waals surface area contributed by atoms with Crippen molar-refractivity contribution in [1.29, 1.82) is 0 Å². The van der Waals surface area contributed by atoms with Gasteiger partial charge in [-0.05, 0) is 48.1 Å². The summed E-state index contributed by atoms with van der Waals surface area (Å²) >= 11 is 1.64. The van der Waals surface area contributed by atoms with E-state index in [0.717, 1.165) is 11.6 Å². The van der Waals surface area contributed by atoms with Gasteiger partial charge in [-0.1, -0.05) is 13.0 Å². The Morgan fingerprint density at radius 2 is 1.92 bits per heavy atom. The van der Waals surface area contributed by atoms with Gasteiger partial charge < -0.3 is 0 Å².